The van der Waals surface area contributed by atoms with Gasteiger partial charge < -0.3 is 19.5 Å². The lowest BCUT2D eigenvalue weighted by atomic mass is 10.2. The van der Waals surface area contributed by atoms with E-state index >= 15 is 0 Å². The zero-order valence-electron chi connectivity index (χ0n) is 13.1. The minimum Gasteiger partial charge on any atom is -0.497 e. The first-order valence-corrected chi connectivity index (χ1v) is 7.16. The lowest BCUT2D eigenvalue weighted by Crippen LogP contribution is -2.17. The molecule has 1 rings (SSSR count). The van der Waals surface area contributed by atoms with E-state index in [9.17, 15) is 0 Å². The van der Waals surface area contributed by atoms with E-state index in [0.717, 1.165) is 49.8 Å². The molecule has 1 N–H and O–H groups in total. The molecular weight excluding hydrogens is 254 g/mol. The van der Waals surface area contributed by atoms with Gasteiger partial charge in [-0.15, -0.1) is 0 Å². The summed E-state index contributed by atoms with van der Waals surface area (Å²) in [6.45, 7) is 7.70. The van der Waals surface area contributed by atoms with Crippen molar-refractivity contribution in [3.05, 3.63) is 23.8 Å². The number of hydrogen-bond donors (Lipinski definition) is 1. The Hall–Kier alpha value is -1.26. The fourth-order valence-corrected chi connectivity index (χ4v) is 1.84. The zero-order chi connectivity index (χ0) is 14.8. The van der Waals surface area contributed by atoms with E-state index in [2.05, 4.69) is 19.2 Å². The highest BCUT2D eigenvalue weighted by Crippen LogP contribution is 2.24. The second-order valence-electron chi connectivity index (χ2n) is 5.18. The molecule has 0 heterocycles. The van der Waals surface area contributed by atoms with E-state index in [0.29, 0.717) is 5.92 Å². The van der Waals surface area contributed by atoms with Crippen molar-refractivity contribution in [3.8, 4) is 11.5 Å². The Morgan fingerprint density at radius 1 is 1.15 bits per heavy atom. The van der Waals surface area contributed by atoms with Gasteiger partial charge in [-0.25, -0.2) is 0 Å². The van der Waals surface area contributed by atoms with Gasteiger partial charge in [0.25, 0.3) is 0 Å². The quantitative estimate of drug-likeness (QED) is 0.669. The van der Waals surface area contributed by atoms with Gasteiger partial charge in [0.15, 0.2) is 0 Å². The first kappa shape index (κ1) is 16.8. The molecule has 0 fully saturated rings. The molecule has 0 saturated carbocycles. The molecule has 0 spiro atoms. The van der Waals surface area contributed by atoms with E-state index in [-0.39, 0.29) is 0 Å². The standard InChI is InChI=1S/C16H27NO3/c1-13(2)12-20-9-5-8-17-11-14-6-7-15(18-3)10-16(14)19-4/h6-7,10,13,17H,5,8-9,11-12H2,1-4H3. The van der Waals surface area contributed by atoms with Crippen molar-refractivity contribution in [2.24, 2.45) is 5.92 Å². The number of nitrogens with one attached hydrogen (secondary N) is 1. The van der Waals surface area contributed by atoms with Crippen molar-refractivity contribution in [2.75, 3.05) is 34.0 Å². The van der Waals surface area contributed by atoms with Crippen LogP contribution in [-0.4, -0.2) is 34.0 Å². The monoisotopic (exact) mass is 281 g/mol. The third-order valence-electron chi connectivity index (χ3n) is 2.90. The topological polar surface area (TPSA) is 39.7 Å². The van der Waals surface area contributed by atoms with Crippen LogP contribution in [0.15, 0.2) is 18.2 Å². The molecular formula is C16H27NO3. The molecule has 0 saturated heterocycles. The Balaban J connectivity index is 2.24. The molecule has 0 aromatic heterocycles. The van der Waals surface area contributed by atoms with Crippen LogP contribution in [0.1, 0.15) is 25.8 Å². The van der Waals surface area contributed by atoms with Crippen LogP contribution in [0.3, 0.4) is 0 Å². The maximum Gasteiger partial charge on any atom is 0.127 e. The molecule has 0 atom stereocenters. The summed E-state index contributed by atoms with van der Waals surface area (Å²) in [6.07, 6.45) is 1.02. The number of benzene rings is 1. The number of hydrogen-bond acceptors (Lipinski definition) is 4. The van der Waals surface area contributed by atoms with E-state index in [1.807, 2.05) is 18.2 Å². The van der Waals surface area contributed by atoms with Gasteiger partial charge in [-0.3, -0.25) is 0 Å². The average molecular weight is 281 g/mol. The van der Waals surface area contributed by atoms with Crippen molar-refractivity contribution >= 4 is 0 Å². The van der Waals surface area contributed by atoms with Crippen LogP contribution in [0.4, 0.5) is 0 Å². The maximum absolute atomic E-state index is 5.54. The van der Waals surface area contributed by atoms with Crippen LogP contribution in [0, 0.1) is 5.92 Å². The van der Waals surface area contributed by atoms with Crippen molar-refractivity contribution in [1.29, 1.82) is 0 Å². The minimum atomic E-state index is 0.603. The lowest BCUT2D eigenvalue weighted by molar-refractivity contribution is 0.108. The zero-order valence-corrected chi connectivity index (χ0v) is 13.1. The molecule has 114 valence electrons. The third kappa shape index (κ3) is 6.26. The highest BCUT2D eigenvalue weighted by molar-refractivity contribution is 5.40. The molecule has 0 aliphatic heterocycles. The van der Waals surface area contributed by atoms with E-state index in [1.165, 1.54) is 0 Å². The van der Waals surface area contributed by atoms with E-state index < -0.39 is 0 Å². The van der Waals surface area contributed by atoms with Gasteiger partial charge in [0.2, 0.25) is 0 Å². The summed E-state index contributed by atoms with van der Waals surface area (Å²) in [6, 6.07) is 5.88. The number of ether oxygens (including phenoxy) is 3. The van der Waals surface area contributed by atoms with Crippen molar-refractivity contribution in [1.82, 2.24) is 5.32 Å². The summed E-state index contributed by atoms with van der Waals surface area (Å²) >= 11 is 0. The lowest BCUT2D eigenvalue weighted by Gasteiger charge is -2.11. The van der Waals surface area contributed by atoms with Gasteiger partial charge in [0.1, 0.15) is 11.5 Å². The van der Waals surface area contributed by atoms with Gasteiger partial charge in [-0.1, -0.05) is 19.9 Å². The average Bonchev–Trinajstić information content (AvgIpc) is 2.46. The molecule has 0 aliphatic carbocycles. The van der Waals surface area contributed by atoms with Gasteiger partial charge >= 0.3 is 0 Å². The van der Waals surface area contributed by atoms with Crippen LogP contribution in [0.2, 0.25) is 0 Å². The number of rotatable bonds is 10. The number of methoxy groups -OCH3 is 2. The Kier molecular flexibility index (Phi) is 8.07. The summed E-state index contributed by atoms with van der Waals surface area (Å²) in [7, 11) is 3.34. The summed E-state index contributed by atoms with van der Waals surface area (Å²) < 4.78 is 16.1. The van der Waals surface area contributed by atoms with Gasteiger partial charge in [-0.2, -0.15) is 0 Å². The molecule has 4 nitrogen and oxygen atoms in total. The minimum absolute atomic E-state index is 0.603. The highest BCUT2D eigenvalue weighted by atomic mass is 16.5. The highest BCUT2D eigenvalue weighted by Gasteiger charge is 2.04. The Morgan fingerprint density at radius 2 is 1.95 bits per heavy atom. The van der Waals surface area contributed by atoms with Crippen LogP contribution < -0.4 is 14.8 Å². The Labute approximate surface area is 122 Å². The Morgan fingerprint density at radius 3 is 2.60 bits per heavy atom. The summed E-state index contributed by atoms with van der Waals surface area (Å²) in [5.74, 6) is 2.27. The molecule has 0 radical (unpaired) electrons. The first-order chi connectivity index (χ1) is 9.67. The van der Waals surface area contributed by atoms with Crippen LogP contribution in [0.5, 0.6) is 11.5 Å². The van der Waals surface area contributed by atoms with E-state index in [4.69, 9.17) is 14.2 Å². The second kappa shape index (κ2) is 9.61. The van der Waals surface area contributed by atoms with Crippen LogP contribution in [0.25, 0.3) is 0 Å². The SMILES string of the molecule is COc1ccc(CNCCCOCC(C)C)c(OC)c1. The molecule has 0 unspecified atom stereocenters. The molecule has 0 aliphatic rings. The van der Waals surface area contributed by atoms with Crippen molar-refractivity contribution < 1.29 is 14.2 Å². The van der Waals surface area contributed by atoms with Gasteiger partial charge in [-0.05, 0) is 24.9 Å². The normalized spacial score (nSPS) is 10.8. The first-order valence-electron chi connectivity index (χ1n) is 7.16. The fourth-order valence-electron chi connectivity index (χ4n) is 1.84. The predicted molar refractivity (Wildman–Crippen MR) is 81.5 cm³/mol. The molecule has 0 bridgehead atoms. The summed E-state index contributed by atoms with van der Waals surface area (Å²) in [5.41, 5.74) is 1.14. The van der Waals surface area contributed by atoms with Crippen LogP contribution in [-0.2, 0) is 11.3 Å². The molecule has 1 aromatic rings. The largest absolute Gasteiger partial charge is 0.497 e. The maximum atomic E-state index is 5.54. The Bertz CT molecular complexity index is 380. The molecule has 4 heteroatoms. The predicted octanol–water partition coefficient (Wildman–Crippen LogP) is 2.86. The summed E-state index contributed by atoms with van der Waals surface area (Å²) in [4.78, 5) is 0. The third-order valence-corrected chi connectivity index (χ3v) is 2.90. The van der Waals surface area contributed by atoms with E-state index in [1.54, 1.807) is 14.2 Å². The molecule has 0 amide bonds. The van der Waals surface area contributed by atoms with Crippen molar-refractivity contribution in [2.45, 2.75) is 26.8 Å². The van der Waals surface area contributed by atoms with Crippen LogP contribution >= 0.6 is 0 Å². The smallest absolute Gasteiger partial charge is 0.127 e. The molecule has 20 heavy (non-hydrogen) atoms. The molecule has 1 aromatic carbocycles. The van der Waals surface area contributed by atoms with Crippen molar-refractivity contribution in [3.63, 3.8) is 0 Å². The second-order valence-corrected chi connectivity index (χ2v) is 5.18. The van der Waals surface area contributed by atoms with Gasteiger partial charge in [0, 0.05) is 31.4 Å². The van der Waals surface area contributed by atoms with Gasteiger partial charge in [0.05, 0.1) is 14.2 Å². The fraction of sp³-hybridized carbons (Fsp3) is 0.625. The summed E-state index contributed by atoms with van der Waals surface area (Å²) in [5, 5.41) is 3.40.